The Labute approximate surface area is 102 Å². The van der Waals surface area contributed by atoms with E-state index >= 15 is 0 Å². The molecule has 0 fully saturated rings. The Morgan fingerprint density at radius 3 is 2.71 bits per heavy atom. The van der Waals surface area contributed by atoms with Crippen molar-refractivity contribution in [3.05, 3.63) is 35.2 Å². The molecule has 1 unspecified atom stereocenters. The van der Waals surface area contributed by atoms with Crippen LogP contribution in [0, 0.1) is 0 Å². The van der Waals surface area contributed by atoms with E-state index in [1.807, 2.05) is 24.3 Å². The maximum atomic E-state index is 11.7. The molecule has 17 heavy (non-hydrogen) atoms. The van der Waals surface area contributed by atoms with Gasteiger partial charge in [0.25, 0.3) is 5.91 Å². The maximum Gasteiger partial charge on any atom is 0.349 e. The standard InChI is InChI=1S/C12H11NO3S/c1-7(11(13)14)16-12(15)10-6-8-4-2-3-5-9(8)17-10/h2-7H,1H3,(H2,13,14). The zero-order valence-electron chi connectivity index (χ0n) is 9.17. The molecule has 5 heteroatoms. The van der Waals surface area contributed by atoms with Gasteiger partial charge in [-0.25, -0.2) is 4.79 Å². The average molecular weight is 249 g/mol. The third-order valence-electron chi connectivity index (χ3n) is 2.31. The minimum atomic E-state index is -0.910. The minimum absolute atomic E-state index is 0.472. The summed E-state index contributed by atoms with van der Waals surface area (Å²) in [6.07, 6.45) is -0.910. The van der Waals surface area contributed by atoms with Gasteiger partial charge in [-0.3, -0.25) is 4.79 Å². The van der Waals surface area contributed by atoms with E-state index in [1.54, 1.807) is 6.07 Å². The van der Waals surface area contributed by atoms with Crippen LogP contribution < -0.4 is 5.73 Å². The summed E-state index contributed by atoms with van der Waals surface area (Å²) >= 11 is 1.33. The summed E-state index contributed by atoms with van der Waals surface area (Å²) < 4.78 is 5.93. The second-order valence-corrected chi connectivity index (χ2v) is 4.68. The number of thiophene rings is 1. The number of fused-ring (bicyclic) bond motifs is 1. The summed E-state index contributed by atoms with van der Waals surface area (Å²) in [6.45, 7) is 1.45. The topological polar surface area (TPSA) is 69.4 Å². The summed E-state index contributed by atoms with van der Waals surface area (Å²) in [7, 11) is 0. The van der Waals surface area contributed by atoms with Crippen LogP contribution in [0.2, 0.25) is 0 Å². The largest absolute Gasteiger partial charge is 0.448 e. The SMILES string of the molecule is CC(OC(=O)c1cc2ccccc2s1)C(N)=O. The Hall–Kier alpha value is -1.88. The Morgan fingerprint density at radius 1 is 1.35 bits per heavy atom. The fourth-order valence-electron chi connectivity index (χ4n) is 1.36. The Kier molecular flexibility index (Phi) is 3.10. The number of carbonyl (C=O) groups is 2. The Morgan fingerprint density at radius 2 is 2.06 bits per heavy atom. The van der Waals surface area contributed by atoms with Crippen molar-refractivity contribution >= 4 is 33.3 Å². The second kappa shape index (κ2) is 4.55. The molecule has 1 amide bonds. The summed E-state index contributed by atoms with van der Waals surface area (Å²) in [5.74, 6) is -1.17. The highest BCUT2D eigenvalue weighted by atomic mass is 32.1. The van der Waals surface area contributed by atoms with Crippen molar-refractivity contribution in [2.45, 2.75) is 13.0 Å². The number of benzene rings is 1. The van der Waals surface area contributed by atoms with Gasteiger partial charge in [0.1, 0.15) is 4.88 Å². The molecule has 1 heterocycles. The molecule has 0 saturated heterocycles. The Bertz CT molecular complexity index is 543. The number of primary amides is 1. The molecular formula is C12H11NO3S. The van der Waals surface area contributed by atoms with Gasteiger partial charge in [0.2, 0.25) is 0 Å². The minimum Gasteiger partial charge on any atom is -0.448 e. The molecule has 0 radical (unpaired) electrons. The van der Waals surface area contributed by atoms with E-state index in [1.165, 1.54) is 18.3 Å². The van der Waals surface area contributed by atoms with Gasteiger partial charge in [-0.15, -0.1) is 11.3 Å². The van der Waals surface area contributed by atoms with Crippen molar-refractivity contribution in [1.29, 1.82) is 0 Å². The van der Waals surface area contributed by atoms with Crippen molar-refractivity contribution in [3.63, 3.8) is 0 Å². The molecule has 0 bridgehead atoms. The number of rotatable bonds is 3. The zero-order valence-corrected chi connectivity index (χ0v) is 9.99. The van der Waals surface area contributed by atoms with Gasteiger partial charge in [0, 0.05) is 4.70 Å². The lowest BCUT2D eigenvalue weighted by Crippen LogP contribution is -2.30. The first-order chi connectivity index (χ1) is 8.08. The smallest absolute Gasteiger partial charge is 0.349 e. The second-order valence-electron chi connectivity index (χ2n) is 3.60. The number of hydrogen-bond acceptors (Lipinski definition) is 4. The van der Waals surface area contributed by atoms with Crippen LogP contribution in [-0.2, 0) is 9.53 Å². The number of ether oxygens (including phenoxy) is 1. The first-order valence-corrected chi connectivity index (χ1v) is 5.88. The quantitative estimate of drug-likeness (QED) is 0.845. The van der Waals surface area contributed by atoms with E-state index in [-0.39, 0.29) is 0 Å². The average Bonchev–Trinajstić information content (AvgIpc) is 2.72. The van der Waals surface area contributed by atoms with Crippen LogP contribution in [0.5, 0.6) is 0 Å². The molecule has 0 aliphatic carbocycles. The molecule has 0 aliphatic heterocycles. The molecule has 0 aliphatic rings. The first-order valence-electron chi connectivity index (χ1n) is 5.07. The summed E-state index contributed by atoms with van der Waals surface area (Å²) in [4.78, 5) is 23.0. The molecule has 1 aromatic carbocycles. The lowest BCUT2D eigenvalue weighted by Gasteiger charge is -2.07. The van der Waals surface area contributed by atoms with Crippen molar-refractivity contribution in [2.75, 3.05) is 0 Å². The molecule has 1 atom stereocenters. The van der Waals surface area contributed by atoms with Crippen molar-refractivity contribution in [3.8, 4) is 0 Å². The van der Waals surface area contributed by atoms with E-state index in [0.29, 0.717) is 4.88 Å². The molecule has 1 aromatic heterocycles. The summed E-state index contributed by atoms with van der Waals surface area (Å²) in [6, 6.07) is 9.39. The van der Waals surface area contributed by atoms with Crippen molar-refractivity contribution in [2.24, 2.45) is 5.73 Å². The number of carbonyl (C=O) groups excluding carboxylic acids is 2. The fourth-order valence-corrected chi connectivity index (χ4v) is 2.30. The van der Waals surface area contributed by atoms with E-state index in [0.717, 1.165) is 10.1 Å². The van der Waals surface area contributed by atoms with Crippen molar-refractivity contribution in [1.82, 2.24) is 0 Å². The van der Waals surface area contributed by atoms with Gasteiger partial charge >= 0.3 is 5.97 Å². The molecular weight excluding hydrogens is 238 g/mol. The normalized spacial score (nSPS) is 12.3. The molecule has 2 N–H and O–H groups in total. The molecule has 2 rings (SSSR count). The molecule has 0 spiro atoms. The number of esters is 1. The predicted molar refractivity (Wildman–Crippen MR) is 65.9 cm³/mol. The van der Waals surface area contributed by atoms with Gasteiger partial charge in [0.15, 0.2) is 6.10 Å². The van der Waals surface area contributed by atoms with Gasteiger partial charge in [-0.2, -0.15) is 0 Å². The van der Waals surface area contributed by atoms with Crippen molar-refractivity contribution < 1.29 is 14.3 Å². The van der Waals surface area contributed by atoms with E-state index in [9.17, 15) is 9.59 Å². The highest BCUT2D eigenvalue weighted by Gasteiger charge is 2.17. The monoisotopic (exact) mass is 249 g/mol. The summed E-state index contributed by atoms with van der Waals surface area (Å²) in [5.41, 5.74) is 5.02. The van der Waals surface area contributed by atoms with Crippen LogP contribution in [0.1, 0.15) is 16.6 Å². The molecule has 4 nitrogen and oxygen atoms in total. The van der Waals surface area contributed by atoms with Gasteiger partial charge in [0.05, 0.1) is 0 Å². The lowest BCUT2D eigenvalue weighted by atomic mass is 10.2. The van der Waals surface area contributed by atoms with Crippen LogP contribution in [0.4, 0.5) is 0 Å². The predicted octanol–water partition coefficient (Wildman–Crippen LogP) is 1.93. The van der Waals surface area contributed by atoms with Crippen LogP contribution in [0.3, 0.4) is 0 Å². The first kappa shape index (κ1) is 11.6. The third-order valence-corrected chi connectivity index (χ3v) is 3.41. The van der Waals surface area contributed by atoms with Gasteiger partial charge in [-0.1, -0.05) is 18.2 Å². The maximum absolute atomic E-state index is 11.7. The molecule has 0 saturated carbocycles. The fraction of sp³-hybridized carbons (Fsp3) is 0.167. The number of nitrogens with two attached hydrogens (primary N) is 1. The van der Waals surface area contributed by atoms with Crippen LogP contribution in [0.25, 0.3) is 10.1 Å². The van der Waals surface area contributed by atoms with Crippen LogP contribution in [0.15, 0.2) is 30.3 Å². The highest BCUT2D eigenvalue weighted by Crippen LogP contribution is 2.25. The highest BCUT2D eigenvalue weighted by molar-refractivity contribution is 7.20. The molecule has 2 aromatic rings. The van der Waals surface area contributed by atoms with E-state index < -0.39 is 18.0 Å². The zero-order chi connectivity index (χ0) is 12.4. The van der Waals surface area contributed by atoms with Gasteiger partial charge in [-0.05, 0) is 24.4 Å². The number of amides is 1. The molecule has 88 valence electrons. The lowest BCUT2D eigenvalue weighted by molar-refractivity contribution is -0.125. The number of hydrogen-bond donors (Lipinski definition) is 1. The van der Waals surface area contributed by atoms with Gasteiger partial charge < -0.3 is 10.5 Å². The van der Waals surface area contributed by atoms with E-state index in [4.69, 9.17) is 10.5 Å². The summed E-state index contributed by atoms with van der Waals surface area (Å²) in [5, 5.41) is 0.983. The van der Waals surface area contributed by atoms with Crippen LogP contribution >= 0.6 is 11.3 Å². The Balaban J connectivity index is 2.22. The van der Waals surface area contributed by atoms with E-state index in [2.05, 4.69) is 0 Å². The van der Waals surface area contributed by atoms with Crippen LogP contribution in [-0.4, -0.2) is 18.0 Å². The third kappa shape index (κ3) is 2.45.